The average Bonchev–Trinajstić information content (AvgIpc) is 2.71. The number of aromatic nitrogens is 3. The van der Waals surface area contributed by atoms with Crippen molar-refractivity contribution in [3.63, 3.8) is 0 Å². The van der Waals surface area contributed by atoms with Crippen LogP contribution >= 0.6 is 0 Å². The highest BCUT2D eigenvalue weighted by atomic mass is 14.8. The van der Waals surface area contributed by atoms with E-state index in [0.29, 0.717) is 0 Å². The van der Waals surface area contributed by atoms with E-state index >= 15 is 0 Å². The Bertz CT molecular complexity index is 1370. The normalized spacial score (nSPS) is 11.8. The van der Waals surface area contributed by atoms with Gasteiger partial charge in [0.1, 0.15) is 5.52 Å². The number of fused-ring (bicyclic) bond motifs is 8. The first kappa shape index (κ1) is 13.7. The molecule has 0 aliphatic heterocycles. The summed E-state index contributed by atoms with van der Waals surface area (Å²) in [6.07, 6.45) is 3.50. The van der Waals surface area contributed by atoms with E-state index < -0.39 is 0 Å². The summed E-state index contributed by atoms with van der Waals surface area (Å²) in [7, 11) is 0. The molecule has 120 valence electrons. The van der Waals surface area contributed by atoms with Gasteiger partial charge in [0.15, 0.2) is 0 Å². The van der Waals surface area contributed by atoms with Crippen molar-refractivity contribution in [3.05, 3.63) is 79.1 Å². The van der Waals surface area contributed by atoms with Crippen LogP contribution in [0.4, 0.5) is 0 Å². The molecule has 0 spiro atoms. The Kier molecular flexibility index (Phi) is 2.61. The zero-order valence-corrected chi connectivity index (χ0v) is 13.8. The van der Waals surface area contributed by atoms with Crippen molar-refractivity contribution < 1.29 is 0 Å². The van der Waals surface area contributed by atoms with Gasteiger partial charge in [0.2, 0.25) is 0 Å². The molecular weight excluding hydrogens is 318 g/mol. The van der Waals surface area contributed by atoms with Gasteiger partial charge in [-0.05, 0) is 40.4 Å². The van der Waals surface area contributed by atoms with Gasteiger partial charge >= 0.3 is 0 Å². The molecular formula is C23H13N3. The van der Waals surface area contributed by atoms with Crippen molar-refractivity contribution in [2.24, 2.45) is 0 Å². The van der Waals surface area contributed by atoms with Crippen molar-refractivity contribution in [3.8, 4) is 0 Å². The Hall–Kier alpha value is -3.59. The van der Waals surface area contributed by atoms with Gasteiger partial charge < -0.3 is 0 Å². The lowest BCUT2D eigenvalue weighted by Gasteiger charge is -2.11. The molecule has 0 radical (unpaired) electrons. The summed E-state index contributed by atoms with van der Waals surface area (Å²) in [6.45, 7) is 0. The minimum absolute atomic E-state index is 0.857. The van der Waals surface area contributed by atoms with Gasteiger partial charge in [0, 0.05) is 28.6 Å². The zero-order valence-electron chi connectivity index (χ0n) is 13.8. The average molecular weight is 331 g/mol. The van der Waals surface area contributed by atoms with Crippen LogP contribution in [0, 0.1) is 0 Å². The summed E-state index contributed by atoms with van der Waals surface area (Å²) < 4.78 is 0. The molecule has 3 heteroatoms. The minimum Gasteiger partial charge on any atom is -0.252 e. The van der Waals surface area contributed by atoms with Gasteiger partial charge in [-0.3, -0.25) is 9.97 Å². The Balaban J connectivity index is 1.97. The van der Waals surface area contributed by atoms with E-state index in [2.05, 4.69) is 58.5 Å². The van der Waals surface area contributed by atoms with Crippen molar-refractivity contribution in [1.29, 1.82) is 0 Å². The largest absolute Gasteiger partial charge is 0.252 e. The second-order valence-electron chi connectivity index (χ2n) is 6.58. The molecule has 26 heavy (non-hydrogen) atoms. The van der Waals surface area contributed by atoms with Gasteiger partial charge in [-0.2, -0.15) is 0 Å². The molecule has 0 saturated carbocycles. The van der Waals surface area contributed by atoms with E-state index in [-0.39, 0.29) is 0 Å². The molecule has 4 aromatic carbocycles. The first-order valence-electron chi connectivity index (χ1n) is 8.63. The molecule has 0 saturated heterocycles. The van der Waals surface area contributed by atoms with Crippen molar-refractivity contribution in [2.45, 2.75) is 0 Å². The molecule has 0 aliphatic rings. The van der Waals surface area contributed by atoms with Crippen LogP contribution in [0.5, 0.6) is 0 Å². The number of nitrogens with zero attached hydrogens (tertiary/aromatic N) is 3. The van der Waals surface area contributed by atoms with Crippen LogP contribution < -0.4 is 0 Å². The number of pyridine rings is 1. The maximum absolute atomic E-state index is 4.93. The van der Waals surface area contributed by atoms with Crippen molar-refractivity contribution >= 4 is 54.4 Å². The summed E-state index contributed by atoms with van der Waals surface area (Å²) in [4.78, 5) is 14.2. The third-order valence-corrected chi connectivity index (χ3v) is 5.08. The fourth-order valence-electron chi connectivity index (χ4n) is 3.87. The van der Waals surface area contributed by atoms with E-state index in [1.165, 1.54) is 16.2 Å². The minimum atomic E-state index is 0.857. The van der Waals surface area contributed by atoms with E-state index in [1.807, 2.05) is 18.2 Å². The number of hydrogen-bond acceptors (Lipinski definition) is 3. The van der Waals surface area contributed by atoms with Crippen LogP contribution in [0.3, 0.4) is 0 Å². The lowest BCUT2D eigenvalue weighted by molar-refractivity contribution is 1.30. The van der Waals surface area contributed by atoms with Crippen LogP contribution in [0.1, 0.15) is 0 Å². The molecule has 6 rings (SSSR count). The van der Waals surface area contributed by atoms with Gasteiger partial charge in [-0.15, -0.1) is 0 Å². The molecule has 2 aromatic heterocycles. The number of hydrogen-bond donors (Lipinski definition) is 0. The van der Waals surface area contributed by atoms with E-state index in [1.54, 1.807) is 12.4 Å². The summed E-state index contributed by atoms with van der Waals surface area (Å²) in [5, 5.41) is 6.98. The number of rotatable bonds is 0. The van der Waals surface area contributed by atoms with Crippen LogP contribution in [0.2, 0.25) is 0 Å². The first-order valence-corrected chi connectivity index (χ1v) is 8.63. The smallest absolute Gasteiger partial charge is 0.116 e. The lowest BCUT2D eigenvalue weighted by atomic mass is 9.97. The third kappa shape index (κ3) is 1.80. The predicted octanol–water partition coefficient (Wildman–Crippen LogP) is 5.64. The molecule has 0 atom stereocenters. The molecule has 0 amide bonds. The summed E-state index contributed by atoms with van der Waals surface area (Å²) in [5.74, 6) is 0. The van der Waals surface area contributed by atoms with Gasteiger partial charge in [-0.1, -0.05) is 42.5 Å². The molecule has 0 bridgehead atoms. The quantitative estimate of drug-likeness (QED) is 0.267. The molecule has 0 N–H and O–H groups in total. The maximum atomic E-state index is 4.93. The third-order valence-electron chi connectivity index (χ3n) is 5.08. The molecule has 6 aromatic rings. The maximum Gasteiger partial charge on any atom is 0.116 e. The fourth-order valence-corrected chi connectivity index (χ4v) is 3.87. The highest BCUT2D eigenvalue weighted by Crippen LogP contribution is 2.35. The van der Waals surface area contributed by atoms with Crippen molar-refractivity contribution in [2.75, 3.05) is 0 Å². The second kappa shape index (κ2) is 4.96. The molecule has 2 heterocycles. The van der Waals surface area contributed by atoms with Crippen molar-refractivity contribution in [1.82, 2.24) is 15.0 Å². The predicted molar refractivity (Wildman–Crippen MR) is 107 cm³/mol. The lowest BCUT2D eigenvalue weighted by Crippen LogP contribution is -1.91. The number of para-hydroxylation sites is 1. The molecule has 0 fully saturated rings. The van der Waals surface area contributed by atoms with Gasteiger partial charge in [0.05, 0.1) is 16.6 Å². The monoisotopic (exact) mass is 331 g/mol. The van der Waals surface area contributed by atoms with Crippen LogP contribution in [0.25, 0.3) is 54.4 Å². The topological polar surface area (TPSA) is 38.7 Å². The summed E-state index contributed by atoms with van der Waals surface area (Å²) in [6, 6.07) is 23.3. The standard InChI is InChI=1S/C23H13N3/c1-2-6-15-12-18-17(11-14(15)5-1)19-13-16-7-3-4-8-20(16)26-22(19)23-21(18)24-9-10-25-23/h1-13H. The Labute approximate surface area is 148 Å². The van der Waals surface area contributed by atoms with Crippen LogP contribution in [-0.4, -0.2) is 15.0 Å². The fraction of sp³-hybridized carbons (Fsp3) is 0. The SMILES string of the molecule is c1ccc2cc3c(cc2c1)c1cc2ccccc2nc1c1nccnc31. The first-order chi connectivity index (χ1) is 12.9. The van der Waals surface area contributed by atoms with E-state index in [0.717, 1.165) is 38.2 Å². The van der Waals surface area contributed by atoms with E-state index in [9.17, 15) is 0 Å². The molecule has 3 nitrogen and oxygen atoms in total. The van der Waals surface area contributed by atoms with Crippen LogP contribution in [-0.2, 0) is 0 Å². The van der Waals surface area contributed by atoms with Gasteiger partial charge in [0.25, 0.3) is 0 Å². The van der Waals surface area contributed by atoms with E-state index in [4.69, 9.17) is 4.98 Å². The highest BCUT2D eigenvalue weighted by Gasteiger charge is 2.13. The summed E-state index contributed by atoms with van der Waals surface area (Å²) >= 11 is 0. The summed E-state index contributed by atoms with van der Waals surface area (Å²) in [5.41, 5.74) is 3.65. The molecule has 0 aliphatic carbocycles. The van der Waals surface area contributed by atoms with Gasteiger partial charge in [-0.25, -0.2) is 4.98 Å². The Morgan fingerprint density at radius 3 is 1.88 bits per heavy atom. The Morgan fingerprint density at radius 1 is 0.500 bits per heavy atom. The second-order valence-corrected chi connectivity index (χ2v) is 6.58. The van der Waals surface area contributed by atoms with Crippen LogP contribution in [0.15, 0.2) is 79.1 Å². The zero-order chi connectivity index (χ0) is 17.1. The highest BCUT2D eigenvalue weighted by molar-refractivity contribution is 6.25. The Morgan fingerprint density at radius 2 is 1.08 bits per heavy atom. The molecule has 0 unspecified atom stereocenters. The number of benzene rings is 4.